The number of ketones is 1. The van der Waals surface area contributed by atoms with E-state index in [1.54, 1.807) is 13.0 Å². The van der Waals surface area contributed by atoms with Crippen molar-refractivity contribution in [3.8, 4) is 5.75 Å². The molecule has 0 bridgehead atoms. The molecule has 0 radical (unpaired) electrons. The molecule has 0 aliphatic rings. The normalized spacial score (nSPS) is 10.0. The van der Waals surface area contributed by atoms with Gasteiger partial charge in [0.15, 0.2) is 0 Å². The smallest absolute Gasteiger partial charge is 0.134 e. The van der Waals surface area contributed by atoms with Crippen molar-refractivity contribution in [3.63, 3.8) is 0 Å². The zero-order valence-corrected chi connectivity index (χ0v) is 8.56. The number of carbonyl (C=O) groups is 1. The number of methoxy groups -OCH3 is 1. The van der Waals surface area contributed by atoms with Crippen LogP contribution in [-0.4, -0.2) is 12.9 Å². The predicted molar refractivity (Wildman–Crippen MR) is 52.1 cm³/mol. The second-order valence-electron chi connectivity index (χ2n) is 3.28. The molecule has 1 rings (SSSR count). The summed E-state index contributed by atoms with van der Waals surface area (Å²) in [5.74, 6) is 0.164. The zero-order chi connectivity index (χ0) is 10.7. The number of rotatable bonds is 3. The molecule has 76 valence electrons. The monoisotopic (exact) mass is 196 g/mol. The third-order valence-corrected chi connectivity index (χ3v) is 2.03. The van der Waals surface area contributed by atoms with E-state index >= 15 is 0 Å². The molecular formula is C11H13FO2. The Morgan fingerprint density at radius 3 is 2.64 bits per heavy atom. The molecule has 0 heterocycles. The van der Waals surface area contributed by atoms with Gasteiger partial charge in [-0.15, -0.1) is 0 Å². The summed E-state index contributed by atoms with van der Waals surface area (Å²) in [7, 11) is 1.49. The zero-order valence-electron chi connectivity index (χ0n) is 8.56. The Labute approximate surface area is 82.7 Å². The summed E-state index contributed by atoms with van der Waals surface area (Å²) in [6.45, 7) is 3.12. The molecule has 0 unspecified atom stereocenters. The van der Waals surface area contributed by atoms with Crippen molar-refractivity contribution in [2.75, 3.05) is 7.11 Å². The first-order valence-corrected chi connectivity index (χ1v) is 4.37. The van der Waals surface area contributed by atoms with Gasteiger partial charge < -0.3 is 4.74 Å². The van der Waals surface area contributed by atoms with Crippen LogP contribution in [0.3, 0.4) is 0 Å². The number of carbonyl (C=O) groups excluding carboxylic acids is 1. The van der Waals surface area contributed by atoms with Crippen LogP contribution >= 0.6 is 0 Å². The molecular weight excluding hydrogens is 183 g/mol. The van der Waals surface area contributed by atoms with Gasteiger partial charge in [0.1, 0.15) is 17.3 Å². The lowest BCUT2D eigenvalue weighted by Crippen LogP contribution is -1.99. The van der Waals surface area contributed by atoms with Crippen molar-refractivity contribution < 1.29 is 13.9 Å². The van der Waals surface area contributed by atoms with E-state index in [-0.39, 0.29) is 18.0 Å². The Kier molecular flexibility index (Phi) is 3.23. The van der Waals surface area contributed by atoms with Crippen LogP contribution in [0, 0.1) is 12.7 Å². The summed E-state index contributed by atoms with van der Waals surface area (Å²) in [6, 6.07) is 3.07. The topological polar surface area (TPSA) is 26.3 Å². The maximum absolute atomic E-state index is 13.3. The van der Waals surface area contributed by atoms with E-state index in [0.29, 0.717) is 16.9 Å². The van der Waals surface area contributed by atoms with Gasteiger partial charge in [-0.3, -0.25) is 4.79 Å². The van der Waals surface area contributed by atoms with E-state index in [0.717, 1.165) is 0 Å². The fraction of sp³-hybridized carbons (Fsp3) is 0.364. The van der Waals surface area contributed by atoms with Gasteiger partial charge in [-0.05, 0) is 31.5 Å². The van der Waals surface area contributed by atoms with Gasteiger partial charge in [-0.2, -0.15) is 0 Å². The molecule has 1 aromatic carbocycles. The molecule has 0 saturated carbocycles. The summed E-state index contributed by atoms with van der Waals surface area (Å²) >= 11 is 0. The number of hydrogen-bond acceptors (Lipinski definition) is 2. The molecule has 1 aromatic rings. The van der Waals surface area contributed by atoms with E-state index in [1.165, 1.54) is 20.1 Å². The number of Topliss-reactive ketones (excluding diaryl/α,β-unsaturated/α-hetero) is 1. The highest BCUT2D eigenvalue weighted by Crippen LogP contribution is 2.22. The fourth-order valence-corrected chi connectivity index (χ4v) is 1.31. The molecule has 0 saturated heterocycles. The number of benzene rings is 1. The second-order valence-corrected chi connectivity index (χ2v) is 3.28. The fourth-order valence-electron chi connectivity index (χ4n) is 1.31. The Hall–Kier alpha value is -1.38. The van der Waals surface area contributed by atoms with Gasteiger partial charge in [-0.1, -0.05) is 0 Å². The summed E-state index contributed by atoms with van der Waals surface area (Å²) in [5, 5.41) is 0. The van der Waals surface area contributed by atoms with Crippen LogP contribution in [-0.2, 0) is 11.2 Å². The van der Waals surface area contributed by atoms with Crippen LogP contribution in [0.5, 0.6) is 5.75 Å². The van der Waals surface area contributed by atoms with Crippen LogP contribution in [0.25, 0.3) is 0 Å². The van der Waals surface area contributed by atoms with Crippen LogP contribution in [0.15, 0.2) is 12.1 Å². The summed E-state index contributed by atoms with van der Waals surface area (Å²) in [6.07, 6.45) is 0.244. The highest BCUT2D eigenvalue weighted by molar-refractivity contribution is 5.78. The van der Waals surface area contributed by atoms with Crippen molar-refractivity contribution in [2.45, 2.75) is 20.3 Å². The SMILES string of the molecule is COc1cc(CC(C)=O)cc(F)c1C. The van der Waals surface area contributed by atoms with Gasteiger partial charge in [0.05, 0.1) is 7.11 Å². The molecule has 0 fully saturated rings. The first-order valence-electron chi connectivity index (χ1n) is 4.37. The molecule has 0 spiro atoms. The molecule has 0 aliphatic carbocycles. The molecule has 0 aromatic heterocycles. The van der Waals surface area contributed by atoms with E-state index in [1.807, 2.05) is 0 Å². The second kappa shape index (κ2) is 4.22. The predicted octanol–water partition coefficient (Wildman–Crippen LogP) is 2.27. The van der Waals surface area contributed by atoms with Gasteiger partial charge >= 0.3 is 0 Å². The van der Waals surface area contributed by atoms with Crippen LogP contribution in [0.2, 0.25) is 0 Å². The van der Waals surface area contributed by atoms with Crippen molar-refractivity contribution in [1.29, 1.82) is 0 Å². The third kappa shape index (κ3) is 2.31. The molecule has 0 aliphatic heterocycles. The van der Waals surface area contributed by atoms with Gasteiger partial charge in [-0.25, -0.2) is 4.39 Å². The lowest BCUT2D eigenvalue weighted by Gasteiger charge is -2.07. The average Bonchev–Trinajstić information content (AvgIpc) is 2.10. The van der Waals surface area contributed by atoms with Crippen molar-refractivity contribution in [1.82, 2.24) is 0 Å². The van der Waals surface area contributed by atoms with Gasteiger partial charge in [0.25, 0.3) is 0 Å². The Bertz CT molecular complexity index is 359. The molecule has 0 atom stereocenters. The third-order valence-electron chi connectivity index (χ3n) is 2.03. The average molecular weight is 196 g/mol. The standard InChI is InChI=1S/C11H13FO2/c1-7(13)4-9-5-10(12)8(2)11(6-9)14-3/h5-6H,4H2,1-3H3. The minimum absolute atomic E-state index is 0.00954. The first-order chi connectivity index (χ1) is 6.54. The van der Waals surface area contributed by atoms with Gasteiger partial charge in [0.2, 0.25) is 0 Å². The molecule has 2 nitrogen and oxygen atoms in total. The Morgan fingerprint density at radius 1 is 1.50 bits per heavy atom. The molecule has 3 heteroatoms. The van der Waals surface area contributed by atoms with E-state index in [4.69, 9.17) is 4.74 Å². The maximum atomic E-state index is 13.3. The highest BCUT2D eigenvalue weighted by atomic mass is 19.1. The lowest BCUT2D eigenvalue weighted by atomic mass is 10.1. The largest absolute Gasteiger partial charge is 0.496 e. The van der Waals surface area contributed by atoms with E-state index in [9.17, 15) is 9.18 Å². The maximum Gasteiger partial charge on any atom is 0.134 e. The minimum atomic E-state index is -0.333. The minimum Gasteiger partial charge on any atom is -0.496 e. The van der Waals surface area contributed by atoms with Crippen molar-refractivity contribution in [2.24, 2.45) is 0 Å². The Morgan fingerprint density at radius 2 is 2.14 bits per heavy atom. The number of ether oxygens (including phenoxy) is 1. The summed E-state index contributed by atoms with van der Waals surface area (Å²) in [4.78, 5) is 10.8. The molecule has 0 N–H and O–H groups in total. The molecule has 0 amide bonds. The van der Waals surface area contributed by atoms with E-state index in [2.05, 4.69) is 0 Å². The van der Waals surface area contributed by atoms with E-state index < -0.39 is 0 Å². The number of halogens is 1. The van der Waals surface area contributed by atoms with Crippen LogP contribution < -0.4 is 4.74 Å². The number of hydrogen-bond donors (Lipinski definition) is 0. The first kappa shape index (κ1) is 10.7. The van der Waals surface area contributed by atoms with Crippen molar-refractivity contribution >= 4 is 5.78 Å². The lowest BCUT2D eigenvalue weighted by molar-refractivity contribution is -0.116. The summed E-state index contributed by atoms with van der Waals surface area (Å²) < 4.78 is 18.3. The van der Waals surface area contributed by atoms with Crippen molar-refractivity contribution in [3.05, 3.63) is 29.1 Å². The Balaban J connectivity index is 3.09. The quantitative estimate of drug-likeness (QED) is 0.741. The molecule has 14 heavy (non-hydrogen) atoms. The summed E-state index contributed by atoms with van der Waals surface area (Å²) in [5.41, 5.74) is 1.12. The van der Waals surface area contributed by atoms with Crippen LogP contribution in [0.1, 0.15) is 18.1 Å². The van der Waals surface area contributed by atoms with Gasteiger partial charge in [0, 0.05) is 12.0 Å². The van der Waals surface area contributed by atoms with Crippen LogP contribution in [0.4, 0.5) is 4.39 Å². The highest BCUT2D eigenvalue weighted by Gasteiger charge is 2.08.